The predicted molar refractivity (Wildman–Crippen MR) is 40.3 cm³/mol. The zero-order valence-electron chi connectivity index (χ0n) is 6.52. The first kappa shape index (κ1) is 12.0. The lowest BCUT2D eigenvalue weighted by atomic mass is 10.2. The van der Waals surface area contributed by atoms with Crippen molar-refractivity contribution in [3.8, 4) is 0 Å². The first-order valence-corrected chi connectivity index (χ1v) is 3.45. The monoisotopic (exact) mass is 205 g/mol. The maximum atomic E-state index is 11.6. The summed E-state index contributed by atoms with van der Waals surface area (Å²) in [7, 11) is 0. The molecule has 12 heavy (non-hydrogen) atoms. The maximum Gasteiger partial charge on any atom is 0.522 e. The Bertz CT molecular complexity index is 141. The lowest BCUT2D eigenvalue weighted by Gasteiger charge is -2.12. The first-order chi connectivity index (χ1) is 4.97. The van der Waals surface area contributed by atoms with Crippen LogP contribution >= 0.6 is 12.4 Å². The zero-order chi connectivity index (χ0) is 8.48. The molecule has 1 saturated heterocycles. The number of nitrogens with one attached hydrogen (secondary N) is 1. The van der Waals surface area contributed by atoms with Crippen molar-refractivity contribution in [2.24, 2.45) is 0 Å². The maximum absolute atomic E-state index is 11.6. The van der Waals surface area contributed by atoms with E-state index in [0.717, 1.165) is 0 Å². The predicted octanol–water partition coefficient (Wildman–Crippen LogP) is 1.69. The van der Waals surface area contributed by atoms with Gasteiger partial charge in [-0.15, -0.1) is 25.6 Å². The van der Waals surface area contributed by atoms with Gasteiger partial charge in [0.05, 0.1) is 6.10 Å². The van der Waals surface area contributed by atoms with Crippen LogP contribution in [0.4, 0.5) is 13.2 Å². The molecule has 1 aliphatic heterocycles. The van der Waals surface area contributed by atoms with Gasteiger partial charge in [-0.25, -0.2) is 0 Å². The van der Waals surface area contributed by atoms with Crippen LogP contribution in [0.2, 0.25) is 0 Å². The summed E-state index contributed by atoms with van der Waals surface area (Å²) < 4.78 is 38.6. The molecule has 0 radical (unpaired) electrons. The third-order valence-corrected chi connectivity index (χ3v) is 1.61. The minimum Gasteiger partial charge on any atom is -0.312 e. The average molecular weight is 206 g/mol. The number of alkyl halides is 3. The molecule has 2 nitrogen and oxygen atoms in total. The summed E-state index contributed by atoms with van der Waals surface area (Å²) in [5, 5.41) is 2.87. The highest BCUT2D eigenvalue weighted by atomic mass is 35.5. The molecule has 0 aromatic carbocycles. The van der Waals surface area contributed by atoms with E-state index in [1.807, 2.05) is 6.92 Å². The van der Waals surface area contributed by atoms with Crippen molar-refractivity contribution in [1.29, 1.82) is 0 Å². The molecule has 0 saturated carbocycles. The molecule has 1 aliphatic rings. The van der Waals surface area contributed by atoms with Crippen LogP contribution in [-0.2, 0) is 4.74 Å². The molecular formula is C6H11ClF3NO. The van der Waals surface area contributed by atoms with Gasteiger partial charge in [0.25, 0.3) is 0 Å². The largest absolute Gasteiger partial charge is 0.522 e. The van der Waals surface area contributed by atoms with Gasteiger partial charge in [0, 0.05) is 12.6 Å². The summed E-state index contributed by atoms with van der Waals surface area (Å²) >= 11 is 0. The van der Waals surface area contributed by atoms with Crippen molar-refractivity contribution in [3.63, 3.8) is 0 Å². The smallest absolute Gasteiger partial charge is 0.312 e. The molecule has 1 heterocycles. The van der Waals surface area contributed by atoms with Crippen LogP contribution in [0.1, 0.15) is 13.3 Å². The second-order valence-corrected chi connectivity index (χ2v) is 2.73. The SMILES string of the molecule is C[C@H]1C[C@@H](OC(F)(F)F)CN1.Cl. The van der Waals surface area contributed by atoms with Crippen LogP contribution in [0.3, 0.4) is 0 Å². The number of hydrogen-bond donors (Lipinski definition) is 1. The van der Waals surface area contributed by atoms with Crippen molar-refractivity contribution in [1.82, 2.24) is 5.32 Å². The fourth-order valence-corrected chi connectivity index (χ4v) is 1.17. The molecule has 0 amide bonds. The Balaban J connectivity index is 0.00000121. The minimum atomic E-state index is -4.49. The van der Waals surface area contributed by atoms with Gasteiger partial charge in [-0.3, -0.25) is 4.74 Å². The molecule has 1 rings (SSSR count). The van der Waals surface area contributed by atoms with Crippen LogP contribution in [-0.4, -0.2) is 25.1 Å². The van der Waals surface area contributed by atoms with Crippen molar-refractivity contribution in [3.05, 3.63) is 0 Å². The van der Waals surface area contributed by atoms with Crippen LogP contribution in [0.5, 0.6) is 0 Å². The lowest BCUT2D eigenvalue weighted by Crippen LogP contribution is -2.25. The van der Waals surface area contributed by atoms with E-state index in [-0.39, 0.29) is 18.4 Å². The van der Waals surface area contributed by atoms with Gasteiger partial charge in [0.2, 0.25) is 0 Å². The molecule has 6 heteroatoms. The fraction of sp³-hybridized carbons (Fsp3) is 1.00. The Labute approximate surface area is 74.9 Å². The second-order valence-electron chi connectivity index (χ2n) is 2.73. The molecule has 74 valence electrons. The van der Waals surface area contributed by atoms with Gasteiger partial charge >= 0.3 is 6.36 Å². The molecule has 0 aromatic rings. The van der Waals surface area contributed by atoms with Crippen molar-refractivity contribution in [2.75, 3.05) is 6.54 Å². The molecule has 1 N–H and O–H groups in total. The van der Waals surface area contributed by atoms with Crippen LogP contribution in [0, 0.1) is 0 Å². The van der Waals surface area contributed by atoms with Crippen LogP contribution in [0.15, 0.2) is 0 Å². The standard InChI is InChI=1S/C6H10F3NO.ClH/c1-4-2-5(3-10-4)11-6(7,8)9;/h4-5,10H,2-3H2,1H3;1H/t4-,5+;/m0./s1. The highest BCUT2D eigenvalue weighted by Gasteiger charge is 2.35. The molecule has 0 bridgehead atoms. The van der Waals surface area contributed by atoms with E-state index in [1.54, 1.807) is 0 Å². The number of hydrogen-bond acceptors (Lipinski definition) is 2. The molecule has 2 atom stereocenters. The van der Waals surface area contributed by atoms with Gasteiger partial charge in [-0.1, -0.05) is 0 Å². The van der Waals surface area contributed by atoms with Crippen molar-refractivity contribution < 1.29 is 17.9 Å². The van der Waals surface area contributed by atoms with Crippen molar-refractivity contribution in [2.45, 2.75) is 31.9 Å². The number of ether oxygens (including phenoxy) is 1. The normalized spacial score (nSPS) is 30.0. The first-order valence-electron chi connectivity index (χ1n) is 3.45. The summed E-state index contributed by atoms with van der Waals surface area (Å²) in [5.41, 5.74) is 0. The summed E-state index contributed by atoms with van der Waals surface area (Å²) in [6, 6.07) is 0.127. The summed E-state index contributed by atoms with van der Waals surface area (Å²) in [5.74, 6) is 0. The van der Waals surface area contributed by atoms with E-state index < -0.39 is 12.5 Å². The van der Waals surface area contributed by atoms with E-state index in [1.165, 1.54) is 0 Å². The summed E-state index contributed by atoms with van der Waals surface area (Å²) in [6.07, 6.45) is -4.76. The highest BCUT2D eigenvalue weighted by molar-refractivity contribution is 5.85. The minimum absolute atomic E-state index is 0. The van der Waals surface area contributed by atoms with E-state index in [9.17, 15) is 13.2 Å². The lowest BCUT2D eigenvalue weighted by molar-refractivity contribution is -0.340. The molecular weight excluding hydrogens is 195 g/mol. The molecule has 0 aromatic heterocycles. The highest BCUT2D eigenvalue weighted by Crippen LogP contribution is 2.22. The quantitative estimate of drug-likeness (QED) is 0.704. The Hall–Kier alpha value is 0. The second kappa shape index (κ2) is 4.30. The molecule has 1 fully saturated rings. The van der Waals surface area contributed by atoms with E-state index in [0.29, 0.717) is 13.0 Å². The number of halogens is 4. The average Bonchev–Trinajstić information content (AvgIpc) is 2.10. The third-order valence-electron chi connectivity index (χ3n) is 1.61. The summed E-state index contributed by atoms with van der Waals surface area (Å²) in [6.45, 7) is 2.13. The van der Waals surface area contributed by atoms with Crippen LogP contribution in [0.25, 0.3) is 0 Å². The van der Waals surface area contributed by atoms with Crippen LogP contribution < -0.4 is 5.32 Å². The fourth-order valence-electron chi connectivity index (χ4n) is 1.17. The molecule has 0 spiro atoms. The van der Waals surface area contributed by atoms with E-state index >= 15 is 0 Å². The Morgan fingerprint density at radius 3 is 2.33 bits per heavy atom. The van der Waals surface area contributed by atoms with Gasteiger partial charge in [-0.2, -0.15) is 0 Å². The Morgan fingerprint density at radius 1 is 1.42 bits per heavy atom. The molecule has 0 unspecified atom stereocenters. The third kappa shape index (κ3) is 4.13. The van der Waals surface area contributed by atoms with Gasteiger partial charge in [0.15, 0.2) is 0 Å². The summed E-state index contributed by atoms with van der Waals surface area (Å²) in [4.78, 5) is 0. The Kier molecular flexibility index (Phi) is 4.30. The van der Waals surface area contributed by atoms with Gasteiger partial charge < -0.3 is 5.32 Å². The molecule has 0 aliphatic carbocycles. The van der Waals surface area contributed by atoms with Gasteiger partial charge in [-0.05, 0) is 13.3 Å². The number of rotatable bonds is 1. The topological polar surface area (TPSA) is 21.3 Å². The van der Waals surface area contributed by atoms with E-state index in [2.05, 4.69) is 10.1 Å². The Morgan fingerprint density at radius 2 is 2.00 bits per heavy atom. The van der Waals surface area contributed by atoms with Crippen molar-refractivity contribution >= 4 is 12.4 Å². The van der Waals surface area contributed by atoms with Gasteiger partial charge in [0.1, 0.15) is 0 Å². The zero-order valence-corrected chi connectivity index (χ0v) is 7.34. The van der Waals surface area contributed by atoms with E-state index in [4.69, 9.17) is 0 Å².